The number of aliphatic carboxylic acids is 1. The summed E-state index contributed by atoms with van der Waals surface area (Å²) < 4.78 is 0. The largest absolute Gasteiger partial charge is 0.481 e. The highest BCUT2D eigenvalue weighted by Crippen LogP contribution is 2.14. The second-order valence-electron chi connectivity index (χ2n) is 4.71. The van der Waals surface area contributed by atoms with E-state index in [1.165, 1.54) is 0 Å². The van der Waals surface area contributed by atoms with Gasteiger partial charge in [0.2, 0.25) is 0 Å². The van der Waals surface area contributed by atoms with Gasteiger partial charge in [0.05, 0.1) is 0 Å². The van der Waals surface area contributed by atoms with Crippen LogP contribution < -0.4 is 0 Å². The summed E-state index contributed by atoms with van der Waals surface area (Å²) in [6, 6.07) is 0. The number of nitrogens with zero attached hydrogens (tertiary/aromatic N) is 1. The topological polar surface area (TPSA) is 101 Å². The van der Waals surface area contributed by atoms with E-state index in [2.05, 4.69) is 0 Å². The maximum Gasteiger partial charge on any atom is 0.333 e. The molecule has 2 amide bonds. The first-order valence-corrected chi connectivity index (χ1v) is 6.79. The quantitative estimate of drug-likeness (QED) is 0.507. The molecule has 0 unspecified atom stereocenters. The van der Waals surface area contributed by atoms with Crippen molar-refractivity contribution in [2.24, 2.45) is 0 Å². The highest BCUT2D eigenvalue weighted by molar-refractivity contribution is 6.01. The van der Waals surface area contributed by atoms with Crippen molar-refractivity contribution in [1.82, 2.24) is 5.06 Å². The summed E-state index contributed by atoms with van der Waals surface area (Å²) in [6.07, 6.45) is 4.18. The Bertz CT molecular complexity index is 376. The molecule has 1 heterocycles. The van der Waals surface area contributed by atoms with Crippen LogP contribution >= 0.6 is 0 Å². The Hall–Kier alpha value is -1.92. The molecule has 7 nitrogen and oxygen atoms in total. The number of amides is 2. The molecule has 0 aliphatic carbocycles. The van der Waals surface area contributed by atoms with Gasteiger partial charge in [0.15, 0.2) is 0 Å². The van der Waals surface area contributed by atoms with Crippen molar-refractivity contribution < 1.29 is 29.1 Å². The molecular weight excluding hydrogens is 266 g/mol. The Morgan fingerprint density at radius 3 is 2.00 bits per heavy atom. The molecule has 20 heavy (non-hydrogen) atoms. The minimum absolute atomic E-state index is 0.0929. The second kappa shape index (κ2) is 8.29. The molecule has 7 heteroatoms. The molecule has 0 saturated carbocycles. The van der Waals surface area contributed by atoms with Gasteiger partial charge in [-0.15, -0.1) is 5.06 Å². The molecule has 0 aromatic rings. The average molecular weight is 285 g/mol. The average Bonchev–Trinajstić information content (AvgIpc) is 2.69. The van der Waals surface area contributed by atoms with E-state index in [0.29, 0.717) is 17.9 Å². The van der Waals surface area contributed by atoms with Crippen LogP contribution in [-0.2, 0) is 24.0 Å². The van der Waals surface area contributed by atoms with Gasteiger partial charge in [-0.1, -0.05) is 19.3 Å². The van der Waals surface area contributed by atoms with E-state index in [9.17, 15) is 19.2 Å². The Kier molecular flexibility index (Phi) is 6.69. The zero-order chi connectivity index (χ0) is 15.0. The first-order chi connectivity index (χ1) is 9.50. The van der Waals surface area contributed by atoms with E-state index in [4.69, 9.17) is 9.94 Å². The Balaban J connectivity index is 2.04. The van der Waals surface area contributed by atoms with Crippen molar-refractivity contribution in [3.63, 3.8) is 0 Å². The summed E-state index contributed by atoms with van der Waals surface area (Å²) >= 11 is 0. The van der Waals surface area contributed by atoms with Crippen LogP contribution in [0.25, 0.3) is 0 Å². The molecule has 1 aliphatic rings. The number of carboxylic acid groups (broad SMARTS) is 1. The van der Waals surface area contributed by atoms with Gasteiger partial charge in [0.25, 0.3) is 11.8 Å². The molecule has 0 aromatic carbocycles. The van der Waals surface area contributed by atoms with Crippen LogP contribution in [0.2, 0.25) is 0 Å². The normalized spacial score (nSPS) is 14.7. The lowest BCUT2D eigenvalue weighted by molar-refractivity contribution is -0.197. The fourth-order valence-electron chi connectivity index (χ4n) is 1.88. The third kappa shape index (κ3) is 5.81. The van der Waals surface area contributed by atoms with Gasteiger partial charge in [0.1, 0.15) is 0 Å². The highest BCUT2D eigenvalue weighted by Gasteiger charge is 2.32. The van der Waals surface area contributed by atoms with E-state index >= 15 is 0 Å². The van der Waals surface area contributed by atoms with E-state index in [0.717, 1.165) is 19.3 Å². The third-order valence-electron chi connectivity index (χ3n) is 2.97. The molecule has 0 aromatic heterocycles. The van der Waals surface area contributed by atoms with E-state index in [1.54, 1.807) is 0 Å². The summed E-state index contributed by atoms with van der Waals surface area (Å²) in [5, 5.41) is 9.00. The smallest absolute Gasteiger partial charge is 0.333 e. The number of unbranched alkanes of at least 4 members (excludes halogenated alkanes) is 4. The van der Waals surface area contributed by atoms with Gasteiger partial charge in [-0.25, -0.2) is 4.79 Å². The van der Waals surface area contributed by atoms with Crippen LogP contribution in [-0.4, -0.2) is 33.9 Å². The lowest BCUT2D eigenvalue weighted by Gasteiger charge is -2.12. The third-order valence-corrected chi connectivity index (χ3v) is 2.97. The molecule has 0 spiro atoms. The highest BCUT2D eigenvalue weighted by atomic mass is 16.7. The summed E-state index contributed by atoms with van der Waals surface area (Å²) in [7, 11) is 0. The van der Waals surface area contributed by atoms with Crippen LogP contribution in [0.1, 0.15) is 57.8 Å². The van der Waals surface area contributed by atoms with Crippen molar-refractivity contribution in [2.45, 2.75) is 57.8 Å². The number of rotatable bonds is 9. The van der Waals surface area contributed by atoms with E-state index in [-0.39, 0.29) is 25.7 Å². The lowest BCUT2D eigenvalue weighted by Crippen LogP contribution is -2.31. The van der Waals surface area contributed by atoms with Crippen LogP contribution in [0.15, 0.2) is 0 Å². The monoisotopic (exact) mass is 285 g/mol. The standard InChI is InChI=1S/C13H19NO6/c15-10-8-9-11(16)14(10)20-13(19)7-5-3-1-2-4-6-12(17)18/h1-9H2,(H,17,18). The fraction of sp³-hybridized carbons (Fsp3) is 0.692. The maximum atomic E-state index is 11.4. The Labute approximate surface area is 116 Å². The molecule has 1 N–H and O–H groups in total. The Morgan fingerprint density at radius 2 is 1.45 bits per heavy atom. The number of hydroxylamine groups is 2. The number of hydrogen-bond donors (Lipinski definition) is 1. The molecule has 1 rings (SSSR count). The molecular formula is C13H19NO6. The van der Waals surface area contributed by atoms with Crippen LogP contribution in [0.4, 0.5) is 0 Å². The van der Waals surface area contributed by atoms with Gasteiger partial charge >= 0.3 is 11.9 Å². The summed E-state index contributed by atoms with van der Waals surface area (Å²) in [5.41, 5.74) is 0. The van der Waals surface area contributed by atoms with Crippen LogP contribution in [0.5, 0.6) is 0 Å². The minimum Gasteiger partial charge on any atom is -0.481 e. The summed E-state index contributed by atoms with van der Waals surface area (Å²) in [5.74, 6) is -2.33. The van der Waals surface area contributed by atoms with E-state index < -0.39 is 23.8 Å². The first kappa shape index (κ1) is 16.1. The maximum absolute atomic E-state index is 11.4. The lowest BCUT2D eigenvalue weighted by atomic mass is 10.1. The zero-order valence-electron chi connectivity index (χ0n) is 11.3. The van der Waals surface area contributed by atoms with E-state index in [1.807, 2.05) is 0 Å². The van der Waals surface area contributed by atoms with Gasteiger partial charge < -0.3 is 9.94 Å². The molecule has 0 bridgehead atoms. The molecule has 112 valence electrons. The SMILES string of the molecule is O=C(O)CCCCCCCC(=O)ON1C(=O)CCC1=O. The van der Waals surface area contributed by atoms with Gasteiger partial charge in [-0.3, -0.25) is 14.4 Å². The number of hydrogen-bond acceptors (Lipinski definition) is 5. The van der Waals surface area contributed by atoms with Crippen molar-refractivity contribution in [1.29, 1.82) is 0 Å². The molecule has 1 aliphatic heterocycles. The molecule has 1 saturated heterocycles. The number of carboxylic acids is 1. The number of carbonyl (C=O) groups excluding carboxylic acids is 3. The fourth-order valence-corrected chi connectivity index (χ4v) is 1.88. The van der Waals surface area contributed by atoms with Crippen molar-refractivity contribution >= 4 is 23.8 Å². The van der Waals surface area contributed by atoms with Gasteiger partial charge in [0, 0.05) is 25.7 Å². The number of carbonyl (C=O) groups is 4. The number of imide groups is 1. The van der Waals surface area contributed by atoms with Crippen LogP contribution in [0.3, 0.4) is 0 Å². The van der Waals surface area contributed by atoms with Crippen LogP contribution in [0, 0.1) is 0 Å². The summed E-state index contributed by atoms with van der Waals surface area (Å²) in [6.45, 7) is 0. The second-order valence-corrected chi connectivity index (χ2v) is 4.71. The molecule has 0 atom stereocenters. The zero-order valence-corrected chi connectivity index (χ0v) is 11.3. The van der Waals surface area contributed by atoms with Gasteiger partial charge in [-0.2, -0.15) is 0 Å². The van der Waals surface area contributed by atoms with Crippen molar-refractivity contribution in [3.8, 4) is 0 Å². The predicted molar refractivity (Wildman–Crippen MR) is 67.1 cm³/mol. The molecule has 0 radical (unpaired) electrons. The predicted octanol–water partition coefficient (Wildman–Crippen LogP) is 1.41. The minimum atomic E-state index is -0.798. The van der Waals surface area contributed by atoms with Crippen molar-refractivity contribution in [3.05, 3.63) is 0 Å². The molecule has 1 fully saturated rings. The first-order valence-electron chi connectivity index (χ1n) is 6.79. The van der Waals surface area contributed by atoms with Crippen molar-refractivity contribution in [2.75, 3.05) is 0 Å². The summed E-state index contributed by atoms with van der Waals surface area (Å²) in [4.78, 5) is 48.8. The van der Waals surface area contributed by atoms with Gasteiger partial charge in [-0.05, 0) is 12.8 Å². The Morgan fingerprint density at radius 1 is 0.950 bits per heavy atom.